The summed E-state index contributed by atoms with van der Waals surface area (Å²) in [7, 11) is 0. The maximum atomic E-state index is 11.6. The van der Waals surface area contributed by atoms with Crippen molar-refractivity contribution in [1.29, 1.82) is 0 Å². The van der Waals surface area contributed by atoms with Gasteiger partial charge in [0.05, 0.1) is 19.2 Å². The Morgan fingerprint density at radius 3 is 2.00 bits per heavy atom. The van der Waals surface area contributed by atoms with Gasteiger partial charge in [-0.05, 0) is 69.1 Å². The Morgan fingerprint density at radius 2 is 1.64 bits per heavy atom. The molecule has 0 aliphatic carbocycles. The van der Waals surface area contributed by atoms with E-state index in [9.17, 15) is 9.59 Å². The van der Waals surface area contributed by atoms with Gasteiger partial charge in [-0.3, -0.25) is 14.6 Å². The maximum Gasteiger partial charge on any atom is 0.162 e. The standard InChI is InChI=1S/C18H20O2.C7H11N.C6H11NO/c1-3-13-20-17-11-9-15(10-12-17)14-5-7-16(8-6-14)18(19)4-2;1-3-7-4-6(2)5-8-7;1-4-7-5(2)6(3)8/h5-12H,3-4,13H2,1-2H3;4H,3,5H2,1-2H3;4-5,7H,1H2,2-3H3. The molecule has 1 aliphatic heterocycles. The molecule has 0 radical (unpaired) electrons. The molecule has 2 aromatic rings. The lowest BCUT2D eigenvalue weighted by Gasteiger charge is -2.07. The lowest BCUT2D eigenvalue weighted by Crippen LogP contribution is -2.27. The predicted molar refractivity (Wildman–Crippen MR) is 152 cm³/mol. The van der Waals surface area contributed by atoms with E-state index >= 15 is 0 Å². The summed E-state index contributed by atoms with van der Waals surface area (Å²) in [5, 5.41) is 2.76. The summed E-state index contributed by atoms with van der Waals surface area (Å²) in [6.07, 6.45) is 6.32. The van der Waals surface area contributed by atoms with Crippen molar-refractivity contribution in [1.82, 2.24) is 5.32 Å². The quantitative estimate of drug-likeness (QED) is 0.357. The zero-order chi connectivity index (χ0) is 26.9. The summed E-state index contributed by atoms with van der Waals surface area (Å²) >= 11 is 0. The molecule has 194 valence electrons. The summed E-state index contributed by atoms with van der Waals surface area (Å²) in [5.41, 5.74) is 5.66. The molecule has 1 unspecified atom stereocenters. The monoisotopic (exact) mass is 490 g/mol. The number of benzene rings is 2. The van der Waals surface area contributed by atoms with Crippen LogP contribution in [-0.4, -0.2) is 36.5 Å². The second-order valence-electron chi connectivity index (χ2n) is 8.58. The number of carbonyl (C=O) groups excluding carboxylic acids is 2. The molecule has 2 aromatic carbocycles. The molecule has 0 fully saturated rings. The van der Waals surface area contributed by atoms with Crippen molar-refractivity contribution in [2.75, 3.05) is 13.2 Å². The van der Waals surface area contributed by atoms with Gasteiger partial charge in [-0.25, -0.2) is 0 Å². The van der Waals surface area contributed by atoms with Crippen LogP contribution in [0.3, 0.4) is 0 Å². The lowest BCUT2D eigenvalue weighted by molar-refractivity contribution is -0.118. The van der Waals surface area contributed by atoms with Crippen molar-refractivity contribution in [3.63, 3.8) is 0 Å². The Hall–Kier alpha value is -3.47. The van der Waals surface area contributed by atoms with Gasteiger partial charge in [0.1, 0.15) is 5.75 Å². The molecule has 5 nitrogen and oxygen atoms in total. The Morgan fingerprint density at radius 1 is 1.06 bits per heavy atom. The minimum atomic E-state index is -0.0903. The highest BCUT2D eigenvalue weighted by atomic mass is 16.5. The number of aliphatic imine (C=N–C) groups is 1. The molecule has 1 atom stereocenters. The number of ether oxygens (including phenoxy) is 1. The molecule has 3 rings (SSSR count). The molecule has 5 heteroatoms. The first kappa shape index (κ1) is 30.6. The lowest BCUT2D eigenvalue weighted by atomic mass is 10.0. The molecule has 0 saturated heterocycles. The normalized spacial score (nSPS) is 12.5. The highest BCUT2D eigenvalue weighted by Gasteiger charge is 2.04. The van der Waals surface area contributed by atoms with Crippen LogP contribution in [0.4, 0.5) is 0 Å². The highest BCUT2D eigenvalue weighted by Crippen LogP contribution is 2.23. The highest BCUT2D eigenvalue weighted by molar-refractivity contribution is 5.97. The first-order valence-electron chi connectivity index (χ1n) is 12.7. The average Bonchev–Trinajstić information content (AvgIpc) is 3.33. The fraction of sp³-hybridized carbons (Fsp3) is 0.387. The second kappa shape index (κ2) is 17.0. The number of carbonyl (C=O) groups is 2. The van der Waals surface area contributed by atoms with Crippen molar-refractivity contribution in [2.24, 2.45) is 4.99 Å². The van der Waals surface area contributed by atoms with E-state index < -0.39 is 0 Å². The number of hydrogen-bond acceptors (Lipinski definition) is 5. The fourth-order valence-electron chi connectivity index (χ4n) is 3.13. The molecule has 1 aliphatic rings. The number of nitrogens with zero attached hydrogens (tertiary/aromatic N) is 1. The fourth-order valence-corrected chi connectivity index (χ4v) is 3.13. The van der Waals surface area contributed by atoms with E-state index in [2.05, 4.69) is 43.7 Å². The van der Waals surface area contributed by atoms with Gasteiger partial charge in [0.25, 0.3) is 0 Å². The Labute approximate surface area is 217 Å². The Kier molecular flexibility index (Phi) is 14.5. The summed E-state index contributed by atoms with van der Waals surface area (Å²) in [6, 6.07) is 15.7. The van der Waals surface area contributed by atoms with Crippen LogP contribution in [0.5, 0.6) is 5.75 Å². The third-order valence-corrected chi connectivity index (χ3v) is 5.47. The topological polar surface area (TPSA) is 67.8 Å². The minimum absolute atomic E-state index is 0.0903. The van der Waals surface area contributed by atoms with Gasteiger partial charge in [-0.2, -0.15) is 0 Å². The molecular weight excluding hydrogens is 448 g/mol. The minimum Gasteiger partial charge on any atom is -0.494 e. The van der Waals surface area contributed by atoms with Gasteiger partial charge >= 0.3 is 0 Å². The third kappa shape index (κ3) is 11.3. The molecule has 0 spiro atoms. The van der Waals surface area contributed by atoms with Crippen LogP contribution in [0.25, 0.3) is 11.1 Å². The van der Waals surface area contributed by atoms with Gasteiger partial charge in [0, 0.05) is 17.7 Å². The van der Waals surface area contributed by atoms with Crippen LogP contribution in [0.1, 0.15) is 71.2 Å². The first-order chi connectivity index (χ1) is 17.2. The number of ketones is 2. The third-order valence-electron chi connectivity index (χ3n) is 5.47. The van der Waals surface area contributed by atoms with E-state index in [4.69, 9.17) is 4.74 Å². The summed E-state index contributed by atoms with van der Waals surface area (Å²) in [5.74, 6) is 1.21. The van der Waals surface area contributed by atoms with Crippen molar-refractivity contribution >= 4 is 17.3 Å². The van der Waals surface area contributed by atoms with E-state index in [0.29, 0.717) is 6.42 Å². The van der Waals surface area contributed by atoms with Gasteiger partial charge in [-0.15, -0.1) is 0 Å². The zero-order valence-corrected chi connectivity index (χ0v) is 22.8. The number of hydrogen-bond donors (Lipinski definition) is 1. The van der Waals surface area contributed by atoms with Crippen LogP contribution in [-0.2, 0) is 4.79 Å². The SMILES string of the molecule is C=CNC(C)C(C)=O.CCC1=NCC(C)=C1.CCCOc1ccc(-c2ccc(C(=O)CC)cc2)cc1. The maximum absolute atomic E-state index is 11.6. The van der Waals surface area contributed by atoms with Gasteiger partial charge in [-0.1, -0.05) is 69.3 Å². The van der Waals surface area contributed by atoms with Crippen LogP contribution in [0, 0.1) is 0 Å². The Balaban J connectivity index is 0.000000333. The van der Waals surface area contributed by atoms with Crippen LogP contribution < -0.4 is 10.1 Å². The van der Waals surface area contributed by atoms with Gasteiger partial charge in [0.15, 0.2) is 11.6 Å². The molecule has 1 heterocycles. The summed E-state index contributed by atoms with van der Waals surface area (Å²) in [4.78, 5) is 26.3. The largest absolute Gasteiger partial charge is 0.494 e. The van der Waals surface area contributed by atoms with Crippen molar-refractivity contribution < 1.29 is 14.3 Å². The van der Waals surface area contributed by atoms with E-state index in [1.54, 1.807) is 13.8 Å². The molecular formula is C31H42N2O3. The van der Waals surface area contributed by atoms with Crippen LogP contribution >= 0.6 is 0 Å². The number of nitrogens with one attached hydrogen (secondary N) is 1. The molecule has 0 aromatic heterocycles. The molecule has 0 saturated carbocycles. The van der Waals surface area contributed by atoms with Crippen LogP contribution in [0.2, 0.25) is 0 Å². The van der Waals surface area contributed by atoms with E-state index in [0.717, 1.165) is 48.4 Å². The van der Waals surface area contributed by atoms with Gasteiger partial charge in [0.2, 0.25) is 0 Å². The van der Waals surface area contributed by atoms with Crippen molar-refractivity contribution in [2.45, 2.75) is 66.8 Å². The number of rotatable bonds is 10. The summed E-state index contributed by atoms with van der Waals surface area (Å²) in [6.45, 7) is 16.7. The smallest absolute Gasteiger partial charge is 0.162 e. The van der Waals surface area contributed by atoms with E-state index in [-0.39, 0.29) is 17.6 Å². The van der Waals surface area contributed by atoms with E-state index in [1.165, 1.54) is 17.5 Å². The average molecular weight is 491 g/mol. The predicted octanol–water partition coefficient (Wildman–Crippen LogP) is 7.23. The zero-order valence-electron chi connectivity index (χ0n) is 22.8. The molecule has 36 heavy (non-hydrogen) atoms. The molecule has 0 amide bonds. The Bertz CT molecular complexity index is 1020. The number of allylic oxidation sites excluding steroid dienone is 1. The van der Waals surface area contributed by atoms with Crippen LogP contribution in [0.15, 0.2) is 78.0 Å². The second-order valence-corrected chi connectivity index (χ2v) is 8.58. The van der Waals surface area contributed by atoms with Crippen molar-refractivity contribution in [3.8, 4) is 16.9 Å². The van der Waals surface area contributed by atoms with Crippen molar-refractivity contribution in [3.05, 3.63) is 78.5 Å². The molecule has 1 N–H and O–H groups in total. The first-order valence-corrected chi connectivity index (χ1v) is 12.7. The molecule has 0 bridgehead atoms. The number of Topliss-reactive ketones (excluding diaryl/α,β-unsaturated/α-hetero) is 2. The van der Waals surface area contributed by atoms with Gasteiger partial charge < -0.3 is 10.1 Å². The summed E-state index contributed by atoms with van der Waals surface area (Å²) < 4.78 is 5.57. The van der Waals surface area contributed by atoms with E-state index in [1.807, 2.05) is 55.5 Å².